The van der Waals surface area contributed by atoms with E-state index in [1.54, 1.807) is 0 Å². The first-order chi connectivity index (χ1) is 7.84. The zero-order valence-corrected chi connectivity index (χ0v) is 11.5. The normalized spacial score (nSPS) is 32.1. The lowest BCUT2D eigenvalue weighted by Gasteiger charge is -2.27. The summed E-state index contributed by atoms with van der Waals surface area (Å²) in [4.78, 5) is 0. The maximum atomic E-state index is 3.75. The Morgan fingerprint density at radius 3 is 2.38 bits per heavy atom. The van der Waals surface area contributed by atoms with Crippen LogP contribution < -0.4 is 5.32 Å². The highest BCUT2D eigenvalue weighted by Crippen LogP contribution is 2.29. The first-order valence-electron chi connectivity index (χ1n) is 7.19. The van der Waals surface area contributed by atoms with Crippen LogP contribution >= 0.6 is 11.8 Å². The molecule has 2 saturated carbocycles. The summed E-state index contributed by atoms with van der Waals surface area (Å²) in [6.45, 7) is 3.63. The fraction of sp³-hybridized carbons (Fsp3) is 1.00. The van der Waals surface area contributed by atoms with Crippen LogP contribution in [-0.2, 0) is 0 Å². The minimum Gasteiger partial charge on any atom is -0.313 e. The Kier molecular flexibility index (Phi) is 5.51. The van der Waals surface area contributed by atoms with Crippen molar-refractivity contribution in [2.24, 2.45) is 5.92 Å². The van der Waals surface area contributed by atoms with Crippen molar-refractivity contribution in [3.8, 4) is 0 Å². The van der Waals surface area contributed by atoms with Gasteiger partial charge in [-0.2, -0.15) is 11.8 Å². The SMILES string of the molecule is CC1CCC(NCCSC2CCCC2)CC1. The molecule has 0 bridgehead atoms. The number of hydrogen-bond acceptors (Lipinski definition) is 2. The molecule has 94 valence electrons. The molecule has 2 rings (SSSR count). The van der Waals surface area contributed by atoms with E-state index in [-0.39, 0.29) is 0 Å². The molecule has 1 nitrogen and oxygen atoms in total. The van der Waals surface area contributed by atoms with Crippen molar-refractivity contribution in [2.45, 2.75) is 69.6 Å². The van der Waals surface area contributed by atoms with Crippen molar-refractivity contribution < 1.29 is 0 Å². The van der Waals surface area contributed by atoms with Gasteiger partial charge >= 0.3 is 0 Å². The molecular weight excluding hydrogens is 214 g/mol. The molecule has 0 aliphatic heterocycles. The molecule has 16 heavy (non-hydrogen) atoms. The summed E-state index contributed by atoms with van der Waals surface area (Å²) in [6, 6.07) is 0.834. The van der Waals surface area contributed by atoms with Gasteiger partial charge in [0.15, 0.2) is 0 Å². The fourth-order valence-corrected chi connectivity index (χ4v) is 4.24. The quantitative estimate of drug-likeness (QED) is 0.734. The van der Waals surface area contributed by atoms with Gasteiger partial charge in [0, 0.05) is 23.6 Å². The van der Waals surface area contributed by atoms with Crippen LogP contribution in [0.4, 0.5) is 0 Å². The van der Waals surface area contributed by atoms with Gasteiger partial charge in [-0.1, -0.05) is 19.8 Å². The van der Waals surface area contributed by atoms with E-state index in [0.717, 1.165) is 17.2 Å². The molecule has 0 amide bonds. The molecule has 0 heterocycles. The highest BCUT2D eigenvalue weighted by atomic mass is 32.2. The number of hydrogen-bond donors (Lipinski definition) is 1. The van der Waals surface area contributed by atoms with Crippen LogP contribution in [0, 0.1) is 5.92 Å². The van der Waals surface area contributed by atoms with Crippen molar-refractivity contribution >= 4 is 11.8 Å². The molecule has 2 aliphatic carbocycles. The predicted molar refractivity (Wildman–Crippen MR) is 74.1 cm³/mol. The van der Waals surface area contributed by atoms with Crippen molar-refractivity contribution in [2.75, 3.05) is 12.3 Å². The second-order valence-corrected chi connectivity index (χ2v) is 7.10. The van der Waals surface area contributed by atoms with Crippen LogP contribution in [0.15, 0.2) is 0 Å². The van der Waals surface area contributed by atoms with Crippen molar-refractivity contribution in [1.82, 2.24) is 5.32 Å². The van der Waals surface area contributed by atoms with E-state index in [2.05, 4.69) is 24.0 Å². The maximum Gasteiger partial charge on any atom is 0.00675 e. The average molecular weight is 241 g/mol. The minimum atomic E-state index is 0.834. The van der Waals surface area contributed by atoms with Crippen LogP contribution in [0.1, 0.15) is 58.3 Å². The van der Waals surface area contributed by atoms with E-state index in [1.807, 2.05) is 0 Å². The van der Waals surface area contributed by atoms with Gasteiger partial charge in [0.25, 0.3) is 0 Å². The second kappa shape index (κ2) is 6.90. The Morgan fingerprint density at radius 2 is 1.69 bits per heavy atom. The summed E-state index contributed by atoms with van der Waals surface area (Å²) < 4.78 is 0. The number of nitrogens with one attached hydrogen (secondary N) is 1. The van der Waals surface area contributed by atoms with E-state index < -0.39 is 0 Å². The average Bonchev–Trinajstić information content (AvgIpc) is 2.80. The molecule has 0 spiro atoms. The van der Waals surface area contributed by atoms with Gasteiger partial charge in [-0.25, -0.2) is 0 Å². The molecule has 2 heteroatoms. The van der Waals surface area contributed by atoms with Gasteiger partial charge in [-0.3, -0.25) is 0 Å². The third kappa shape index (κ3) is 4.29. The first-order valence-corrected chi connectivity index (χ1v) is 8.24. The summed E-state index contributed by atoms with van der Waals surface area (Å²) in [5, 5.41) is 4.74. The molecule has 0 aromatic heterocycles. The van der Waals surface area contributed by atoms with Crippen LogP contribution in [0.5, 0.6) is 0 Å². The van der Waals surface area contributed by atoms with Gasteiger partial charge in [-0.05, 0) is 44.4 Å². The summed E-state index contributed by atoms with van der Waals surface area (Å²) in [5.41, 5.74) is 0. The van der Waals surface area contributed by atoms with Gasteiger partial charge in [0.2, 0.25) is 0 Å². The lowest BCUT2D eigenvalue weighted by molar-refractivity contribution is 0.312. The molecule has 0 atom stereocenters. The lowest BCUT2D eigenvalue weighted by Crippen LogP contribution is -2.34. The zero-order valence-electron chi connectivity index (χ0n) is 10.7. The summed E-state index contributed by atoms with van der Waals surface area (Å²) in [5.74, 6) is 2.31. The third-order valence-electron chi connectivity index (χ3n) is 4.21. The third-order valence-corrected chi connectivity index (χ3v) is 5.59. The standard InChI is InChI=1S/C14H27NS/c1-12-6-8-13(9-7-12)15-10-11-16-14-4-2-3-5-14/h12-15H,2-11H2,1H3. The Labute approximate surface area is 105 Å². The predicted octanol–water partition coefficient (Wildman–Crippen LogP) is 3.83. The first kappa shape index (κ1) is 12.8. The van der Waals surface area contributed by atoms with Crippen molar-refractivity contribution in [3.05, 3.63) is 0 Å². The van der Waals surface area contributed by atoms with E-state index in [9.17, 15) is 0 Å². The Balaban J connectivity index is 1.48. The second-order valence-electron chi connectivity index (χ2n) is 5.69. The molecule has 0 unspecified atom stereocenters. The maximum absolute atomic E-state index is 3.75. The van der Waals surface area contributed by atoms with Gasteiger partial charge in [0.1, 0.15) is 0 Å². The van der Waals surface area contributed by atoms with E-state index >= 15 is 0 Å². The Morgan fingerprint density at radius 1 is 1.00 bits per heavy atom. The van der Waals surface area contributed by atoms with E-state index in [0.29, 0.717) is 0 Å². The van der Waals surface area contributed by atoms with Crippen LogP contribution in [0.3, 0.4) is 0 Å². The van der Waals surface area contributed by atoms with Crippen molar-refractivity contribution in [3.63, 3.8) is 0 Å². The minimum absolute atomic E-state index is 0.834. The van der Waals surface area contributed by atoms with Gasteiger partial charge in [0.05, 0.1) is 0 Å². The molecule has 0 saturated heterocycles. The molecule has 2 aliphatic rings. The van der Waals surface area contributed by atoms with Crippen LogP contribution in [0.25, 0.3) is 0 Å². The zero-order chi connectivity index (χ0) is 11.2. The lowest BCUT2D eigenvalue weighted by atomic mass is 9.87. The number of rotatable bonds is 5. The smallest absolute Gasteiger partial charge is 0.00675 e. The van der Waals surface area contributed by atoms with E-state index in [1.165, 1.54) is 63.7 Å². The fourth-order valence-electron chi connectivity index (χ4n) is 3.01. The topological polar surface area (TPSA) is 12.0 Å². The van der Waals surface area contributed by atoms with Gasteiger partial charge in [-0.15, -0.1) is 0 Å². The molecule has 0 aromatic rings. The van der Waals surface area contributed by atoms with Crippen LogP contribution in [0.2, 0.25) is 0 Å². The summed E-state index contributed by atoms with van der Waals surface area (Å²) in [7, 11) is 0. The van der Waals surface area contributed by atoms with E-state index in [4.69, 9.17) is 0 Å². The Bertz CT molecular complexity index is 181. The molecular formula is C14H27NS. The molecule has 0 aromatic carbocycles. The van der Waals surface area contributed by atoms with Gasteiger partial charge < -0.3 is 5.32 Å². The number of thioether (sulfide) groups is 1. The van der Waals surface area contributed by atoms with Crippen LogP contribution in [-0.4, -0.2) is 23.6 Å². The highest BCUT2D eigenvalue weighted by molar-refractivity contribution is 7.99. The van der Waals surface area contributed by atoms with Crippen molar-refractivity contribution in [1.29, 1.82) is 0 Å². The summed E-state index contributed by atoms with van der Waals surface area (Å²) >= 11 is 2.21. The molecule has 1 N–H and O–H groups in total. The Hall–Kier alpha value is 0.310. The largest absolute Gasteiger partial charge is 0.313 e. The molecule has 2 fully saturated rings. The summed E-state index contributed by atoms with van der Waals surface area (Å²) in [6.07, 6.45) is 11.6. The monoisotopic (exact) mass is 241 g/mol. The highest BCUT2D eigenvalue weighted by Gasteiger charge is 2.18. The molecule has 0 radical (unpaired) electrons.